The van der Waals surface area contributed by atoms with Crippen LogP contribution in [0.5, 0.6) is 11.6 Å². The molecule has 3 aromatic rings. The number of para-hydroxylation sites is 1. The highest BCUT2D eigenvalue weighted by molar-refractivity contribution is 7.52. The first-order chi connectivity index (χ1) is 20.3. The highest BCUT2D eigenvalue weighted by Gasteiger charge is 2.62. The van der Waals surface area contributed by atoms with Crippen LogP contribution in [0.15, 0.2) is 36.7 Å². The first-order valence-electron chi connectivity index (χ1n) is 13.8. The number of ether oxygens (including phenoxy) is 4. The number of benzene rings is 1. The molecule has 43 heavy (non-hydrogen) atoms. The molecule has 2 saturated heterocycles. The molecule has 4 heterocycles. The number of aliphatic hydroxyl groups is 1. The molecule has 0 radical (unpaired) electrons. The molecule has 6 atom stereocenters. The third-order valence-corrected chi connectivity index (χ3v) is 8.66. The molecule has 1 spiro atoms. The summed E-state index contributed by atoms with van der Waals surface area (Å²) >= 11 is 0. The molecule has 15 nitrogen and oxygen atoms in total. The number of aliphatic hydroxyl groups excluding tert-OH is 1. The lowest BCUT2D eigenvalue weighted by Gasteiger charge is -2.44. The molecule has 2 aliphatic rings. The number of nitrogen functional groups attached to an aromatic ring is 1. The number of carbonyl (C=O) groups excluding carboxylic acids is 1. The van der Waals surface area contributed by atoms with Gasteiger partial charge in [0.05, 0.1) is 33.3 Å². The second-order valence-corrected chi connectivity index (χ2v) is 13.4. The van der Waals surface area contributed by atoms with Gasteiger partial charge in [0, 0.05) is 6.42 Å². The normalized spacial score (nSPS) is 25.7. The van der Waals surface area contributed by atoms with E-state index in [0.29, 0.717) is 24.2 Å². The van der Waals surface area contributed by atoms with Gasteiger partial charge in [0.15, 0.2) is 17.4 Å². The van der Waals surface area contributed by atoms with Crippen molar-refractivity contribution in [3.8, 4) is 11.6 Å². The Labute approximate surface area is 248 Å². The minimum Gasteiger partial charge on any atom is -0.479 e. The number of nitrogens with zero attached hydrogens (tertiary/aromatic N) is 4. The van der Waals surface area contributed by atoms with Crippen molar-refractivity contribution < 1.29 is 42.5 Å². The van der Waals surface area contributed by atoms with Crippen molar-refractivity contribution in [1.29, 1.82) is 0 Å². The Bertz CT molecular complexity index is 1490. The molecule has 2 aromatic heterocycles. The Morgan fingerprint density at radius 2 is 2.02 bits per heavy atom. The number of imidazole rings is 1. The molecule has 4 N–H and O–H groups in total. The van der Waals surface area contributed by atoms with Crippen LogP contribution in [-0.4, -0.2) is 81.4 Å². The van der Waals surface area contributed by atoms with Crippen molar-refractivity contribution >= 4 is 30.8 Å². The minimum atomic E-state index is -4.22. The highest BCUT2D eigenvalue weighted by atomic mass is 31.2. The fourth-order valence-electron chi connectivity index (χ4n) is 4.82. The minimum absolute atomic E-state index is 0.0340. The SMILES string of the molecule is COc1nc(N)nc2c1ncn2C1O[C@H](COP(=O)(N[C@@H](C)C(=O)OCC(C)(C)C)Oc2ccccc2)[C@@H](O)[C@]12CCO2. The van der Waals surface area contributed by atoms with Gasteiger partial charge in [0.25, 0.3) is 0 Å². The van der Waals surface area contributed by atoms with Gasteiger partial charge in [-0.25, -0.2) is 9.55 Å². The van der Waals surface area contributed by atoms with Gasteiger partial charge in [0.1, 0.15) is 29.6 Å². The van der Waals surface area contributed by atoms with Crippen molar-refractivity contribution in [2.24, 2.45) is 5.41 Å². The van der Waals surface area contributed by atoms with E-state index in [4.69, 9.17) is 33.7 Å². The summed E-state index contributed by atoms with van der Waals surface area (Å²) in [5.41, 5.74) is 5.14. The van der Waals surface area contributed by atoms with Crippen LogP contribution in [0.25, 0.3) is 11.2 Å². The quantitative estimate of drug-likeness (QED) is 0.209. The first-order valence-corrected chi connectivity index (χ1v) is 15.3. The molecule has 2 unspecified atom stereocenters. The second kappa shape index (κ2) is 12.0. The number of methoxy groups -OCH3 is 1. The zero-order valence-electron chi connectivity index (χ0n) is 24.6. The van der Waals surface area contributed by atoms with Crippen LogP contribution in [0.3, 0.4) is 0 Å². The maximum absolute atomic E-state index is 14.0. The smallest absolute Gasteiger partial charge is 0.459 e. The molecular weight excluding hydrogens is 583 g/mol. The molecule has 0 amide bonds. The Kier molecular flexibility index (Phi) is 8.67. The van der Waals surface area contributed by atoms with Crippen LogP contribution in [-0.2, 0) is 28.1 Å². The number of hydrogen-bond donors (Lipinski definition) is 3. The summed E-state index contributed by atoms with van der Waals surface area (Å²) in [4.78, 5) is 25.4. The van der Waals surface area contributed by atoms with Crippen LogP contribution in [0, 0.1) is 5.41 Å². The summed E-state index contributed by atoms with van der Waals surface area (Å²) in [5.74, 6) is -0.232. The molecule has 5 rings (SSSR count). The fourth-order valence-corrected chi connectivity index (χ4v) is 6.32. The number of aromatic nitrogens is 4. The van der Waals surface area contributed by atoms with E-state index >= 15 is 0 Å². The van der Waals surface area contributed by atoms with E-state index in [1.807, 2.05) is 20.8 Å². The molecule has 234 valence electrons. The first kappa shape index (κ1) is 31.1. The van der Waals surface area contributed by atoms with Gasteiger partial charge in [-0.2, -0.15) is 15.1 Å². The third kappa shape index (κ3) is 6.47. The summed E-state index contributed by atoms with van der Waals surface area (Å²) in [6.07, 6.45) is -1.16. The highest BCUT2D eigenvalue weighted by Crippen LogP contribution is 2.51. The number of esters is 1. The van der Waals surface area contributed by atoms with Gasteiger partial charge >= 0.3 is 13.7 Å². The number of nitrogens with two attached hydrogens (primary N) is 1. The van der Waals surface area contributed by atoms with Gasteiger partial charge in [-0.05, 0) is 24.5 Å². The molecule has 16 heteroatoms. The van der Waals surface area contributed by atoms with E-state index < -0.39 is 43.8 Å². The Morgan fingerprint density at radius 3 is 2.65 bits per heavy atom. The summed E-state index contributed by atoms with van der Waals surface area (Å²) < 4.78 is 50.0. The Morgan fingerprint density at radius 1 is 1.30 bits per heavy atom. The van der Waals surface area contributed by atoms with Gasteiger partial charge in [-0.3, -0.25) is 13.9 Å². The van der Waals surface area contributed by atoms with Gasteiger partial charge in [-0.1, -0.05) is 39.0 Å². The molecule has 0 aliphatic carbocycles. The fraction of sp³-hybridized carbons (Fsp3) is 0.556. The lowest BCUT2D eigenvalue weighted by atomic mass is 9.86. The maximum Gasteiger partial charge on any atom is 0.459 e. The van der Waals surface area contributed by atoms with Crippen molar-refractivity contribution in [3.63, 3.8) is 0 Å². The number of fused-ring (bicyclic) bond motifs is 1. The van der Waals surface area contributed by atoms with E-state index in [9.17, 15) is 14.5 Å². The van der Waals surface area contributed by atoms with E-state index in [2.05, 4.69) is 20.0 Å². The summed E-state index contributed by atoms with van der Waals surface area (Å²) in [6.45, 7) is 7.45. The average molecular weight is 621 g/mol. The van der Waals surface area contributed by atoms with E-state index in [1.54, 1.807) is 34.9 Å². The van der Waals surface area contributed by atoms with Crippen LogP contribution in [0.1, 0.15) is 40.3 Å². The molecule has 1 aromatic carbocycles. The Hall–Kier alpha value is -3.33. The van der Waals surface area contributed by atoms with Crippen molar-refractivity contribution in [1.82, 2.24) is 24.6 Å². The molecular formula is C27H37N6O9P. The van der Waals surface area contributed by atoms with Gasteiger partial charge < -0.3 is 34.3 Å². The number of hydrogen-bond acceptors (Lipinski definition) is 13. The van der Waals surface area contributed by atoms with Crippen LogP contribution >= 0.6 is 7.75 Å². The summed E-state index contributed by atoms with van der Waals surface area (Å²) in [7, 11) is -2.78. The van der Waals surface area contributed by atoms with E-state index in [1.165, 1.54) is 20.4 Å². The predicted molar refractivity (Wildman–Crippen MR) is 153 cm³/mol. The third-order valence-electron chi connectivity index (χ3n) is 7.02. The van der Waals surface area contributed by atoms with Gasteiger partial charge in [-0.15, -0.1) is 0 Å². The standard InChI is InChI=1S/C27H37N6O9P/c1-16(23(35)38-14-26(2,3)4)32-43(36,42-17-9-7-6-8-10-17)40-13-18-20(34)27(11-12-39-27)24(41-18)33-15-29-19-21(33)30-25(28)31-22(19)37-5/h6-10,15-16,18,20,24,34H,11-14H2,1-5H3,(H,32,36)(H2,28,30,31)/t16-,18+,20+,24?,27+,43?/m0/s1. The Balaban J connectivity index is 1.36. The predicted octanol–water partition coefficient (Wildman–Crippen LogP) is 2.61. The van der Waals surface area contributed by atoms with Crippen molar-refractivity contribution in [2.75, 3.05) is 32.7 Å². The van der Waals surface area contributed by atoms with E-state index in [0.717, 1.165) is 0 Å². The zero-order chi connectivity index (χ0) is 31.0. The van der Waals surface area contributed by atoms with Crippen molar-refractivity contribution in [2.45, 2.75) is 64.2 Å². The number of anilines is 1. The lowest BCUT2D eigenvalue weighted by molar-refractivity contribution is -0.225. The van der Waals surface area contributed by atoms with Crippen LogP contribution in [0.4, 0.5) is 5.95 Å². The summed E-state index contributed by atoms with van der Waals surface area (Å²) in [5, 5.41) is 14.0. The second-order valence-electron chi connectivity index (χ2n) is 11.7. The summed E-state index contributed by atoms with van der Waals surface area (Å²) in [6, 6.07) is 7.33. The van der Waals surface area contributed by atoms with Gasteiger partial charge in [0.2, 0.25) is 11.8 Å². The average Bonchev–Trinajstić information content (AvgIpc) is 3.48. The molecule has 0 bridgehead atoms. The zero-order valence-corrected chi connectivity index (χ0v) is 25.5. The molecule has 2 fully saturated rings. The van der Waals surface area contributed by atoms with E-state index in [-0.39, 0.29) is 36.2 Å². The van der Waals surface area contributed by atoms with Crippen LogP contribution < -0.4 is 20.1 Å². The van der Waals surface area contributed by atoms with Crippen LogP contribution in [0.2, 0.25) is 0 Å². The topological polar surface area (TPSA) is 191 Å². The monoisotopic (exact) mass is 620 g/mol. The van der Waals surface area contributed by atoms with Crippen molar-refractivity contribution in [3.05, 3.63) is 36.7 Å². The number of carbonyl (C=O) groups is 1. The molecule has 2 aliphatic heterocycles. The maximum atomic E-state index is 14.0. The number of nitrogens with one attached hydrogen (secondary N) is 1. The largest absolute Gasteiger partial charge is 0.479 e. The molecule has 0 saturated carbocycles. The lowest BCUT2D eigenvalue weighted by Crippen LogP contribution is -2.56. The number of rotatable bonds is 11.